The maximum Gasteiger partial charge on any atom is 0.164 e. The summed E-state index contributed by atoms with van der Waals surface area (Å²) in [5, 5.41) is 4.18. The minimum Gasteiger partial charge on any atom is -1.00 e. The van der Waals surface area contributed by atoms with Crippen LogP contribution in [0.1, 0.15) is 11.1 Å². The molecule has 2 aromatic rings. The quantitative estimate of drug-likeness (QED) is 0.694. The van der Waals surface area contributed by atoms with Gasteiger partial charge in [0.05, 0.1) is 21.3 Å². The fourth-order valence-electron chi connectivity index (χ4n) is 2.34. The molecular weight excluding hydrogens is 349 g/mol. The number of methoxy groups -OCH3 is 3. The zero-order valence-electron chi connectivity index (χ0n) is 14.1. The second-order valence-electron chi connectivity index (χ2n) is 5.07. The zero-order valence-corrected chi connectivity index (χ0v) is 15.6. The molecule has 0 radical (unpaired) electrons. The predicted octanol–water partition coefficient (Wildman–Crippen LogP) is 0.702. The van der Waals surface area contributed by atoms with Crippen molar-refractivity contribution in [1.82, 2.24) is 5.32 Å². The molecule has 0 saturated carbocycles. The van der Waals surface area contributed by atoms with Crippen LogP contribution in [0.4, 0.5) is 0 Å². The maximum absolute atomic E-state index is 5.89. The Morgan fingerprint density at radius 1 is 0.875 bits per heavy atom. The molecule has 24 heavy (non-hydrogen) atoms. The topological polar surface area (TPSA) is 39.7 Å². The first-order chi connectivity index (χ1) is 11.2. The van der Waals surface area contributed by atoms with Gasteiger partial charge in [0.15, 0.2) is 11.5 Å². The molecule has 0 aliphatic carbocycles. The molecule has 2 rings (SSSR count). The van der Waals surface area contributed by atoms with Crippen molar-refractivity contribution in [2.45, 2.75) is 13.0 Å². The number of nitrogens with one attached hydrogen (secondary N) is 1. The van der Waals surface area contributed by atoms with E-state index in [4.69, 9.17) is 25.8 Å². The van der Waals surface area contributed by atoms with Crippen molar-refractivity contribution < 1.29 is 26.6 Å². The smallest absolute Gasteiger partial charge is 0.164 e. The highest BCUT2D eigenvalue weighted by atomic mass is 35.5. The molecule has 0 aliphatic rings. The molecule has 1 N–H and O–H groups in total. The van der Waals surface area contributed by atoms with Gasteiger partial charge in [-0.2, -0.15) is 0 Å². The number of benzene rings is 2. The largest absolute Gasteiger partial charge is 1.00 e. The SMILES string of the molecule is COc1cc(OC)c(OC)cc1CNCCc1ccc(Cl)cc1.[Cl-]. The minimum absolute atomic E-state index is 0. The van der Waals surface area contributed by atoms with E-state index in [-0.39, 0.29) is 12.4 Å². The Hall–Kier alpha value is -1.62. The van der Waals surface area contributed by atoms with E-state index in [1.165, 1.54) is 5.56 Å². The summed E-state index contributed by atoms with van der Waals surface area (Å²) in [6, 6.07) is 11.7. The maximum atomic E-state index is 5.89. The molecule has 0 aliphatic heterocycles. The third kappa shape index (κ3) is 5.48. The molecule has 0 heterocycles. The molecule has 0 unspecified atom stereocenters. The Kier molecular flexibility index (Phi) is 8.76. The van der Waals surface area contributed by atoms with Crippen LogP contribution in [0.15, 0.2) is 36.4 Å². The van der Waals surface area contributed by atoms with Gasteiger partial charge < -0.3 is 31.9 Å². The molecule has 0 spiro atoms. The monoisotopic (exact) mass is 370 g/mol. The van der Waals surface area contributed by atoms with Gasteiger partial charge >= 0.3 is 0 Å². The van der Waals surface area contributed by atoms with Crippen LogP contribution in [0.2, 0.25) is 5.02 Å². The summed E-state index contributed by atoms with van der Waals surface area (Å²) in [6.07, 6.45) is 0.937. The lowest BCUT2D eigenvalue weighted by Crippen LogP contribution is -3.00. The first-order valence-electron chi connectivity index (χ1n) is 7.42. The summed E-state index contributed by atoms with van der Waals surface area (Å²) in [5.74, 6) is 2.14. The van der Waals surface area contributed by atoms with Crippen LogP contribution in [0, 0.1) is 0 Å². The van der Waals surface area contributed by atoms with Gasteiger partial charge in [-0.25, -0.2) is 0 Å². The molecule has 2 aromatic carbocycles. The molecule has 0 fully saturated rings. The second kappa shape index (κ2) is 10.3. The lowest BCUT2D eigenvalue weighted by Gasteiger charge is -2.14. The Labute approximate surface area is 154 Å². The average molecular weight is 371 g/mol. The van der Waals surface area contributed by atoms with Crippen LogP contribution in [0.5, 0.6) is 17.2 Å². The highest BCUT2D eigenvalue weighted by Crippen LogP contribution is 2.34. The summed E-state index contributed by atoms with van der Waals surface area (Å²) >= 11 is 5.89. The van der Waals surface area contributed by atoms with Gasteiger partial charge in [0, 0.05) is 23.2 Å². The van der Waals surface area contributed by atoms with Crippen molar-refractivity contribution in [2.75, 3.05) is 27.9 Å². The molecule has 6 heteroatoms. The predicted molar refractivity (Wildman–Crippen MR) is 93.0 cm³/mol. The molecule has 0 atom stereocenters. The van der Waals surface area contributed by atoms with E-state index in [0.717, 1.165) is 29.3 Å². The summed E-state index contributed by atoms with van der Waals surface area (Å²) in [5.41, 5.74) is 2.28. The zero-order chi connectivity index (χ0) is 16.7. The lowest BCUT2D eigenvalue weighted by molar-refractivity contribution is -0.00000549. The number of hydrogen-bond acceptors (Lipinski definition) is 4. The van der Waals surface area contributed by atoms with E-state index in [9.17, 15) is 0 Å². The van der Waals surface area contributed by atoms with Gasteiger partial charge in [0.1, 0.15) is 5.75 Å². The Balaban J connectivity index is 0.00000288. The van der Waals surface area contributed by atoms with Crippen molar-refractivity contribution in [2.24, 2.45) is 0 Å². The summed E-state index contributed by atoms with van der Waals surface area (Å²) < 4.78 is 16.1. The summed E-state index contributed by atoms with van der Waals surface area (Å²) in [4.78, 5) is 0. The van der Waals surface area contributed by atoms with Gasteiger partial charge in [-0.05, 0) is 36.7 Å². The first kappa shape index (κ1) is 20.4. The van der Waals surface area contributed by atoms with Crippen molar-refractivity contribution >= 4 is 11.6 Å². The first-order valence-corrected chi connectivity index (χ1v) is 7.79. The van der Waals surface area contributed by atoms with E-state index in [1.807, 2.05) is 36.4 Å². The molecule has 0 saturated heterocycles. The molecule has 0 amide bonds. The fraction of sp³-hybridized carbons (Fsp3) is 0.333. The average Bonchev–Trinajstić information content (AvgIpc) is 2.59. The van der Waals surface area contributed by atoms with Crippen LogP contribution in [0.25, 0.3) is 0 Å². The lowest BCUT2D eigenvalue weighted by atomic mass is 10.1. The van der Waals surface area contributed by atoms with Gasteiger partial charge in [-0.3, -0.25) is 0 Å². The van der Waals surface area contributed by atoms with Gasteiger partial charge in [0.25, 0.3) is 0 Å². The highest BCUT2D eigenvalue weighted by Gasteiger charge is 2.11. The molecule has 132 valence electrons. The van der Waals surface area contributed by atoms with E-state index in [2.05, 4.69) is 5.32 Å². The molecular formula is C18H22Cl2NO3-. The van der Waals surface area contributed by atoms with Crippen LogP contribution in [-0.4, -0.2) is 27.9 Å². The number of rotatable bonds is 8. The third-order valence-electron chi connectivity index (χ3n) is 3.61. The van der Waals surface area contributed by atoms with Gasteiger partial charge in [0.2, 0.25) is 0 Å². The van der Waals surface area contributed by atoms with Crippen LogP contribution in [0.3, 0.4) is 0 Å². The minimum atomic E-state index is 0. The van der Waals surface area contributed by atoms with Crippen LogP contribution >= 0.6 is 11.6 Å². The number of halogens is 2. The van der Waals surface area contributed by atoms with Crippen LogP contribution in [-0.2, 0) is 13.0 Å². The van der Waals surface area contributed by atoms with Crippen molar-refractivity contribution in [3.63, 3.8) is 0 Å². The molecule has 0 aromatic heterocycles. The second-order valence-corrected chi connectivity index (χ2v) is 5.51. The number of ether oxygens (including phenoxy) is 3. The highest BCUT2D eigenvalue weighted by molar-refractivity contribution is 6.30. The fourth-order valence-corrected chi connectivity index (χ4v) is 2.46. The normalized spacial score (nSPS) is 10.0. The molecule has 4 nitrogen and oxygen atoms in total. The molecule has 0 bridgehead atoms. The van der Waals surface area contributed by atoms with E-state index in [0.29, 0.717) is 18.0 Å². The van der Waals surface area contributed by atoms with E-state index < -0.39 is 0 Å². The Morgan fingerprint density at radius 3 is 2.04 bits per heavy atom. The summed E-state index contributed by atoms with van der Waals surface area (Å²) in [7, 11) is 4.89. The number of hydrogen-bond donors (Lipinski definition) is 1. The van der Waals surface area contributed by atoms with Crippen molar-refractivity contribution in [3.05, 3.63) is 52.5 Å². The van der Waals surface area contributed by atoms with E-state index >= 15 is 0 Å². The Morgan fingerprint density at radius 2 is 1.46 bits per heavy atom. The van der Waals surface area contributed by atoms with Crippen molar-refractivity contribution in [1.29, 1.82) is 0 Å². The van der Waals surface area contributed by atoms with Crippen molar-refractivity contribution in [3.8, 4) is 17.2 Å². The van der Waals surface area contributed by atoms with E-state index in [1.54, 1.807) is 21.3 Å². The summed E-state index contributed by atoms with van der Waals surface area (Å²) in [6.45, 7) is 1.55. The van der Waals surface area contributed by atoms with Gasteiger partial charge in [-0.15, -0.1) is 0 Å². The standard InChI is InChI=1S/C18H22ClNO3.ClH/c1-21-16-11-18(23-3)17(22-2)10-14(16)12-20-9-8-13-4-6-15(19)7-5-13;/h4-7,10-11,20H,8-9,12H2,1-3H3;1H/p-1. The van der Waals surface area contributed by atoms with Crippen LogP contribution < -0.4 is 31.9 Å². The van der Waals surface area contributed by atoms with Gasteiger partial charge in [-0.1, -0.05) is 23.7 Å². The Bertz CT molecular complexity index is 633. The third-order valence-corrected chi connectivity index (χ3v) is 3.86.